The molecule has 0 atom stereocenters. The number of thiophene rings is 1. The number of aromatic nitrogens is 2. The Morgan fingerprint density at radius 3 is 2.74 bits per heavy atom. The van der Waals surface area contributed by atoms with Crippen molar-refractivity contribution in [3.05, 3.63) is 51.9 Å². The number of hydrogen-bond acceptors (Lipinski definition) is 5. The number of unbranched alkanes of at least 4 members (excludes halogenated alkanes) is 1. The zero-order valence-electron chi connectivity index (χ0n) is 12.7. The molecule has 23 heavy (non-hydrogen) atoms. The van der Waals surface area contributed by atoms with Gasteiger partial charge in [-0.25, -0.2) is 4.98 Å². The number of hydrogen-bond donors (Lipinski definition) is 1. The Morgan fingerprint density at radius 2 is 2.04 bits per heavy atom. The molecule has 3 aromatic rings. The molecular formula is C17H16N2O3S. The van der Waals surface area contributed by atoms with Gasteiger partial charge in [0.1, 0.15) is 16.8 Å². The number of ketones is 1. The van der Waals surface area contributed by atoms with Crippen LogP contribution in [0.5, 0.6) is 5.75 Å². The fourth-order valence-electron chi connectivity index (χ4n) is 2.31. The van der Waals surface area contributed by atoms with Crippen LogP contribution >= 0.6 is 11.3 Å². The van der Waals surface area contributed by atoms with Gasteiger partial charge in [-0.2, -0.15) is 0 Å². The van der Waals surface area contributed by atoms with Crippen LogP contribution in [-0.2, 0) is 0 Å². The molecular weight excluding hydrogens is 312 g/mol. The Kier molecular flexibility index (Phi) is 4.25. The van der Waals surface area contributed by atoms with E-state index in [4.69, 9.17) is 0 Å². The van der Waals surface area contributed by atoms with Gasteiger partial charge in [0.15, 0.2) is 5.78 Å². The van der Waals surface area contributed by atoms with Crippen molar-refractivity contribution in [3.8, 4) is 11.4 Å². The highest BCUT2D eigenvalue weighted by Crippen LogP contribution is 2.23. The maximum absolute atomic E-state index is 12.6. The van der Waals surface area contributed by atoms with Gasteiger partial charge in [0.25, 0.3) is 5.56 Å². The fraction of sp³-hybridized carbons (Fsp3) is 0.235. The minimum Gasteiger partial charge on any atom is -0.508 e. The van der Waals surface area contributed by atoms with Gasteiger partial charge in [0, 0.05) is 6.42 Å². The van der Waals surface area contributed by atoms with Gasteiger partial charge in [-0.3, -0.25) is 14.2 Å². The van der Waals surface area contributed by atoms with Gasteiger partial charge in [-0.05, 0) is 36.8 Å². The highest BCUT2D eigenvalue weighted by Gasteiger charge is 2.14. The molecule has 0 unspecified atom stereocenters. The summed E-state index contributed by atoms with van der Waals surface area (Å²) < 4.78 is 1.89. The van der Waals surface area contributed by atoms with Crippen molar-refractivity contribution in [1.82, 2.24) is 9.55 Å². The smallest absolute Gasteiger partial charge is 0.275 e. The first-order valence-corrected chi connectivity index (χ1v) is 8.25. The van der Waals surface area contributed by atoms with Crippen molar-refractivity contribution < 1.29 is 9.90 Å². The molecule has 1 aromatic carbocycles. The summed E-state index contributed by atoms with van der Waals surface area (Å²) in [5.74, 6) is 0.196. The van der Waals surface area contributed by atoms with E-state index >= 15 is 0 Å². The summed E-state index contributed by atoms with van der Waals surface area (Å²) in [6.45, 7) is 2.04. The quantitative estimate of drug-likeness (QED) is 0.727. The van der Waals surface area contributed by atoms with Crippen LogP contribution in [0.3, 0.4) is 0 Å². The predicted molar refractivity (Wildman–Crippen MR) is 90.7 cm³/mol. The topological polar surface area (TPSA) is 72.2 Å². The molecule has 2 heterocycles. The lowest BCUT2D eigenvalue weighted by atomic mass is 10.1. The second kappa shape index (κ2) is 6.34. The van der Waals surface area contributed by atoms with E-state index in [9.17, 15) is 14.7 Å². The molecule has 0 amide bonds. The maximum Gasteiger partial charge on any atom is 0.275 e. The Morgan fingerprint density at radius 1 is 1.30 bits per heavy atom. The third-order valence-electron chi connectivity index (χ3n) is 3.60. The number of carbonyl (C=O) groups excluding carboxylic acids is 1. The van der Waals surface area contributed by atoms with E-state index in [0.717, 1.165) is 12.8 Å². The fourth-order valence-corrected chi connectivity index (χ4v) is 3.32. The highest BCUT2D eigenvalue weighted by atomic mass is 32.1. The standard InChI is InChI=1S/C17H16N2O3S/c1-2-3-4-14(21)15-9-13-16(23-15)17(22)19(10-18-13)11-5-7-12(20)8-6-11/h5-10,20H,2-4H2,1H3. The molecule has 6 heteroatoms. The molecule has 0 saturated carbocycles. The highest BCUT2D eigenvalue weighted by molar-refractivity contribution is 7.20. The number of aromatic hydroxyl groups is 1. The van der Waals surface area contributed by atoms with E-state index in [1.165, 1.54) is 34.4 Å². The lowest BCUT2D eigenvalue weighted by Crippen LogP contribution is -2.17. The van der Waals surface area contributed by atoms with Crippen LogP contribution in [0.4, 0.5) is 0 Å². The van der Waals surface area contributed by atoms with Gasteiger partial charge in [0.2, 0.25) is 0 Å². The number of fused-ring (bicyclic) bond motifs is 1. The van der Waals surface area contributed by atoms with Gasteiger partial charge in [-0.1, -0.05) is 13.3 Å². The van der Waals surface area contributed by atoms with Crippen LogP contribution in [0.2, 0.25) is 0 Å². The van der Waals surface area contributed by atoms with E-state index in [-0.39, 0.29) is 17.1 Å². The number of carbonyl (C=O) groups is 1. The van der Waals surface area contributed by atoms with Gasteiger partial charge in [0.05, 0.1) is 16.1 Å². The normalized spacial score (nSPS) is 11.0. The molecule has 1 N–H and O–H groups in total. The summed E-state index contributed by atoms with van der Waals surface area (Å²) in [5, 5.41) is 9.34. The van der Waals surface area contributed by atoms with E-state index in [1.807, 2.05) is 6.92 Å². The Hall–Kier alpha value is -2.47. The molecule has 3 rings (SSSR count). The molecule has 0 aliphatic carbocycles. The molecule has 2 aromatic heterocycles. The lowest BCUT2D eigenvalue weighted by Gasteiger charge is -2.04. The third-order valence-corrected chi connectivity index (χ3v) is 4.75. The second-order valence-corrected chi connectivity index (χ2v) is 6.34. The van der Waals surface area contributed by atoms with Crippen LogP contribution in [0.15, 0.2) is 41.5 Å². The van der Waals surface area contributed by atoms with Crippen LogP contribution in [-0.4, -0.2) is 20.4 Å². The maximum atomic E-state index is 12.6. The molecule has 0 spiro atoms. The van der Waals surface area contributed by atoms with Crippen molar-refractivity contribution in [2.75, 3.05) is 0 Å². The zero-order chi connectivity index (χ0) is 16.4. The Balaban J connectivity index is 2.04. The number of benzene rings is 1. The van der Waals surface area contributed by atoms with Gasteiger partial charge >= 0.3 is 0 Å². The first kappa shape index (κ1) is 15.4. The molecule has 0 saturated heterocycles. The van der Waals surface area contributed by atoms with E-state index in [0.29, 0.717) is 27.2 Å². The minimum absolute atomic E-state index is 0.0606. The summed E-state index contributed by atoms with van der Waals surface area (Å²) >= 11 is 1.20. The SMILES string of the molecule is CCCCC(=O)c1cc2ncn(-c3ccc(O)cc3)c(=O)c2s1. The zero-order valence-corrected chi connectivity index (χ0v) is 13.5. The number of rotatable bonds is 5. The minimum atomic E-state index is -0.208. The van der Waals surface area contributed by atoms with Crippen molar-refractivity contribution in [3.63, 3.8) is 0 Å². The van der Waals surface area contributed by atoms with Crippen molar-refractivity contribution >= 4 is 27.3 Å². The summed E-state index contributed by atoms with van der Waals surface area (Å²) in [4.78, 5) is 29.6. The molecule has 0 fully saturated rings. The van der Waals surface area contributed by atoms with Crippen LogP contribution < -0.4 is 5.56 Å². The molecule has 0 bridgehead atoms. The van der Waals surface area contributed by atoms with E-state index < -0.39 is 0 Å². The monoisotopic (exact) mass is 328 g/mol. The van der Waals surface area contributed by atoms with Crippen LogP contribution in [0.25, 0.3) is 15.9 Å². The summed E-state index contributed by atoms with van der Waals surface area (Å²) in [7, 11) is 0. The first-order chi connectivity index (χ1) is 11.1. The summed E-state index contributed by atoms with van der Waals surface area (Å²) in [6, 6.07) is 8.01. The van der Waals surface area contributed by atoms with Crippen molar-refractivity contribution in [2.24, 2.45) is 0 Å². The van der Waals surface area contributed by atoms with E-state index in [2.05, 4.69) is 4.98 Å². The summed E-state index contributed by atoms with van der Waals surface area (Å²) in [6.07, 6.45) is 3.75. The number of nitrogens with zero attached hydrogens (tertiary/aromatic N) is 2. The number of phenolic OH excluding ortho intramolecular Hbond substituents is 1. The molecule has 0 radical (unpaired) electrons. The summed E-state index contributed by atoms with van der Waals surface area (Å²) in [5.41, 5.74) is 0.963. The number of Topliss-reactive ketones (excluding diaryl/α,β-unsaturated/α-hetero) is 1. The molecule has 5 nitrogen and oxygen atoms in total. The lowest BCUT2D eigenvalue weighted by molar-refractivity contribution is 0.0983. The van der Waals surface area contributed by atoms with Gasteiger partial charge in [-0.15, -0.1) is 11.3 Å². The van der Waals surface area contributed by atoms with Crippen molar-refractivity contribution in [1.29, 1.82) is 0 Å². The molecule has 118 valence electrons. The molecule has 0 aliphatic heterocycles. The van der Waals surface area contributed by atoms with Crippen LogP contribution in [0.1, 0.15) is 35.9 Å². The first-order valence-electron chi connectivity index (χ1n) is 7.44. The van der Waals surface area contributed by atoms with Gasteiger partial charge < -0.3 is 5.11 Å². The largest absolute Gasteiger partial charge is 0.508 e. The third kappa shape index (κ3) is 3.03. The Bertz CT molecular complexity index is 910. The van der Waals surface area contributed by atoms with E-state index in [1.54, 1.807) is 18.2 Å². The van der Waals surface area contributed by atoms with Crippen molar-refractivity contribution in [2.45, 2.75) is 26.2 Å². The average molecular weight is 328 g/mol. The van der Waals surface area contributed by atoms with Crippen LogP contribution in [0, 0.1) is 0 Å². The second-order valence-electron chi connectivity index (χ2n) is 5.29. The number of phenols is 1. The average Bonchev–Trinajstić information content (AvgIpc) is 2.99. The Labute approximate surface area is 136 Å². The molecule has 0 aliphatic rings. The predicted octanol–water partition coefficient (Wildman–Crippen LogP) is 3.53.